The number of hydrogen-bond acceptors (Lipinski definition) is 3. The Hall–Kier alpha value is -1.45. The molecule has 1 aliphatic heterocycles. The van der Waals surface area contributed by atoms with Gasteiger partial charge < -0.3 is 15.1 Å². The minimum absolute atomic E-state index is 0.114. The highest BCUT2D eigenvalue weighted by atomic mass is 35.5. The summed E-state index contributed by atoms with van der Waals surface area (Å²) in [6.45, 7) is 2.32. The molecule has 0 saturated carbocycles. The molecular weight excluding hydrogens is 250 g/mol. The fraction of sp³-hybridized carbons (Fsp3) is 0.286. The van der Waals surface area contributed by atoms with Crippen molar-refractivity contribution >= 4 is 11.6 Å². The van der Waals surface area contributed by atoms with Gasteiger partial charge in [0.15, 0.2) is 0 Å². The average Bonchev–Trinajstić information content (AvgIpc) is 2.36. The van der Waals surface area contributed by atoms with Crippen LogP contribution in [0.2, 0.25) is 5.02 Å². The van der Waals surface area contributed by atoms with Crippen molar-refractivity contribution in [3.63, 3.8) is 0 Å². The average molecular weight is 266 g/mol. The van der Waals surface area contributed by atoms with Gasteiger partial charge in [0.05, 0.1) is 12.1 Å². The van der Waals surface area contributed by atoms with Crippen LogP contribution in [-0.4, -0.2) is 27.7 Å². The maximum absolute atomic E-state index is 10.1. The minimum Gasteiger partial charge on any atom is -0.510 e. The van der Waals surface area contributed by atoms with E-state index in [1.165, 1.54) is 0 Å². The standard InChI is InChI=1S/C14H16ClNO2/c1-10-13(17)3-2-8-16(10)9-14(18)11-4-6-12(15)7-5-11/h2-8,10,14,17-18H,9H2,1H3/t10-,14?/m0/s1. The van der Waals surface area contributed by atoms with E-state index in [0.29, 0.717) is 17.3 Å². The first-order valence-corrected chi connectivity index (χ1v) is 6.22. The van der Waals surface area contributed by atoms with Gasteiger partial charge in [-0.3, -0.25) is 0 Å². The summed E-state index contributed by atoms with van der Waals surface area (Å²) in [5.74, 6) is 0.306. The van der Waals surface area contributed by atoms with Crippen molar-refractivity contribution in [3.8, 4) is 0 Å². The predicted molar refractivity (Wildman–Crippen MR) is 72.4 cm³/mol. The molecule has 4 heteroatoms. The normalized spacial score (nSPS) is 20.7. The van der Waals surface area contributed by atoms with Gasteiger partial charge >= 0.3 is 0 Å². The second-order valence-corrected chi connectivity index (χ2v) is 4.81. The van der Waals surface area contributed by atoms with E-state index in [1.807, 2.05) is 18.0 Å². The number of β-amino-alcohol motifs (C(OH)–C–C–N with tert-alkyl or cyclic N) is 1. The topological polar surface area (TPSA) is 43.7 Å². The highest BCUT2D eigenvalue weighted by Crippen LogP contribution is 2.21. The molecule has 0 bridgehead atoms. The van der Waals surface area contributed by atoms with Crippen molar-refractivity contribution in [2.24, 2.45) is 0 Å². The van der Waals surface area contributed by atoms with Crippen molar-refractivity contribution in [1.82, 2.24) is 4.90 Å². The van der Waals surface area contributed by atoms with E-state index in [0.717, 1.165) is 5.56 Å². The fourth-order valence-electron chi connectivity index (χ4n) is 1.90. The minimum atomic E-state index is -0.611. The molecule has 96 valence electrons. The van der Waals surface area contributed by atoms with Gasteiger partial charge in [0, 0.05) is 11.6 Å². The van der Waals surface area contributed by atoms with Crippen LogP contribution in [0.15, 0.2) is 48.4 Å². The lowest BCUT2D eigenvalue weighted by molar-refractivity contribution is 0.115. The maximum Gasteiger partial charge on any atom is 0.114 e. The molecule has 2 N–H and O–H groups in total. The Kier molecular flexibility index (Phi) is 3.94. The van der Waals surface area contributed by atoms with Gasteiger partial charge in [-0.2, -0.15) is 0 Å². The van der Waals surface area contributed by atoms with Crippen LogP contribution in [0.4, 0.5) is 0 Å². The first-order chi connectivity index (χ1) is 8.58. The second kappa shape index (κ2) is 5.46. The Bertz CT molecular complexity index is 467. The van der Waals surface area contributed by atoms with Crippen LogP contribution in [0.3, 0.4) is 0 Å². The Morgan fingerprint density at radius 2 is 2.00 bits per heavy atom. The smallest absolute Gasteiger partial charge is 0.114 e. The Labute approximate surface area is 112 Å². The van der Waals surface area contributed by atoms with Crippen molar-refractivity contribution < 1.29 is 10.2 Å². The third-order valence-corrected chi connectivity index (χ3v) is 3.36. The first-order valence-electron chi connectivity index (χ1n) is 5.84. The van der Waals surface area contributed by atoms with Crippen molar-refractivity contribution in [1.29, 1.82) is 0 Å². The van der Waals surface area contributed by atoms with Gasteiger partial charge in [-0.1, -0.05) is 23.7 Å². The van der Waals surface area contributed by atoms with E-state index in [2.05, 4.69) is 0 Å². The van der Waals surface area contributed by atoms with E-state index in [-0.39, 0.29) is 6.04 Å². The van der Waals surface area contributed by atoms with E-state index in [1.54, 1.807) is 36.4 Å². The third-order valence-electron chi connectivity index (χ3n) is 3.11. The zero-order valence-corrected chi connectivity index (χ0v) is 10.9. The molecule has 0 radical (unpaired) electrons. The Balaban J connectivity index is 2.04. The molecule has 1 aromatic rings. The predicted octanol–water partition coefficient (Wildman–Crippen LogP) is 3.03. The zero-order chi connectivity index (χ0) is 13.1. The molecule has 1 aliphatic rings. The lowest BCUT2D eigenvalue weighted by Crippen LogP contribution is -2.34. The summed E-state index contributed by atoms with van der Waals surface area (Å²) in [6.07, 6.45) is 4.68. The monoisotopic (exact) mass is 265 g/mol. The summed E-state index contributed by atoms with van der Waals surface area (Å²) in [5.41, 5.74) is 0.814. The highest BCUT2D eigenvalue weighted by Gasteiger charge is 2.20. The van der Waals surface area contributed by atoms with Crippen LogP contribution in [-0.2, 0) is 0 Å². The Morgan fingerprint density at radius 3 is 2.67 bits per heavy atom. The molecule has 0 fully saturated rings. The second-order valence-electron chi connectivity index (χ2n) is 4.37. The lowest BCUT2D eigenvalue weighted by atomic mass is 10.1. The number of halogens is 1. The van der Waals surface area contributed by atoms with Gasteiger partial charge in [0.25, 0.3) is 0 Å². The number of rotatable bonds is 3. The molecule has 1 heterocycles. The number of benzene rings is 1. The highest BCUT2D eigenvalue weighted by molar-refractivity contribution is 6.30. The molecule has 2 atom stereocenters. The number of aliphatic hydroxyl groups excluding tert-OH is 2. The lowest BCUT2D eigenvalue weighted by Gasteiger charge is -2.31. The molecule has 0 spiro atoms. The van der Waals surface area contributed by atoms with Gasteiger partial charge in [0.1, 0.15) is 5.76 Å². The summed E-state index contributed by atoms with van der Waals surface area (Å²) in [4.78, 5) is 1.90. The van der Waals surface area contributed by atoms with E-state index < -0.39 is 6.10 Å². The number of nitrogens with zero attached hydrogens (tertiary/aromatic N) is 1. The molecule has 0 aromatic heterocycles. The molecule has 18 heavy (non-hydrogen) atoms. The van der Waals surface area contributed by atoms with Gasteiger partial charge in [-0.25, -0.2) is 0 Å². The fourth-order valence-corrected chi connectivity index (χ4v) is 2.03. The van der Waals surface area contributed by atoms with E-state index in [4.69, 9.17) is 11.6 Å². The SMILES string of the molecule is C[C@H]1C(O)=CC=CN1CC(O)c1ccc(Cl)cc1. The van der Waals surface area contributed by atoms with Crippen molar-refractivity contribution in [3.05, 3.63) is 59.0 Å². The number of aliphatic hydroxyl groups is 2. The van der Waals surface area contributed by atoms with Crippen LogP contribution in [0.1, 0.15) is 18.6 Å². The zero-order valence-electron chi connectivity index (χ0n) is 10.1. The van der Waals surface area contributed by atoms with Crippen LogP contribution in [0.25, 0.3) is 0 Å². The largest absolute Gasteiger partial charge is 0.510 e. The molecular formula is C14H16ClNO2. The van der Waals surface area contributed by atoms with Crippen LogP contribution >= 0.6 is 11.6 Å². The van der Waals surface area contributed by atoms with Crippen LogP contribution in [0, 0.1) is 0 Å². The quantitative estimate of drug-likeness (QED) is 0.883. The van der Waals surface area contributed by atoms with Gasteiger partial charge in [0.2, 0.25) is 0 Å². The third kappa shape index (κ3) is 2.86. The molecule has 3 nitrogen and oxygen atoms in total. The molecule has 1 unspecified atom stereocenters. The van der Waals surface area contributed by atoms with E-state index in [9.17, 15) is 10.2 Å². The van der Waals surface area contributed by atoms with Gasteiger partial charge in [-0.05, 0) is 43.0 Å². The Morgan fingerprint density at radius 1 is 1.33 bits per heavy atom. The maximum atomic E-state index is 10.1. The summed E-state index contributed by atoms with van der Waals surface area (Å²) in [5, 5.41) is 20.4. The van der Waals surface area contributed by atoms with Crippen molar-refractivity contribution in [2.75, 3.05) is 6.54 Å². The summed E-state index contributed by atoms with van der Waals surface area (Å²) >= 11 is 5.81. The molecule has 0 amide bonds. The molecule has 0 aliphatic carbocycles. The molecule has 1 aromatic carbocycles. The van der Waals surface area contributed by atoms with E-state index >= 15 is 0 Å². The molecule has 0 saturated heterocycles. The van der Waals surface area contributed by atoms with Gasteiger partial charge in [-0.15, -0.1) is 0 Å². The van der Waals surface area contributed by atoms with Crippen molar-refractivity contribution in [2.45, 2.75) is 19.1 Å². The number of hydrogen-bond donors (Lipinski definition) is 2. The summed E-state index contributed by atoms with van der Waals surface area (Å²) in [7, 11) is 0. The van der Waals surface area contributed by atoms with Crippen LogP contribution in [0.5, 0.6) is 0 Å². The number of allylic oxidation sites excluding steroid dienone is 2. The summed E-state index contributed by atoms with van der Waals surface area (Å²) in [6, 6.07) is 7.01. The van der Waals surface area contributed by atoms with Crippen LogP contribution < -0.4 is 0 Å². The first kappa shape index (κ1) is 13.0. The molecule has 2 rings (SSSR count). The summed E-state index contributed by atoms with van der Waals surface area (Å²) < 4.78 is 0.